The number of aromatic hydroxyl groups is 1. The van der Waals surface area contributed by atoms with Crippen molar-refractivity contribution in [3.63, 3.8) is 0 Å². The first-order valence-electron chi connectivity index (χ1n) is 12.9. The van der Waals surface area contributed by atoms with E-state index in [0.717, 1.165) is 18.2 Å². The maximum Gasteiger partial charge on any atom is 0.416 e. The highest BCUT2D eigenvalue weighted by molar-refractivity contribution is 5.94. The predicted octanol–water partition coefficient (Wildman–Crippen LogP) is 2.98. The molecule has 0 radical (unpaired) electrons. The van der Waals surface area contributed by atoms with Gasteiger partial charge in [-0.3, -0.25) is 14.9 Å². The molecule has 4 aliphatic rings. The summed E-state index contributed by atoms with van der Waals surface area (Å²) in [6, 6.07) is 4.25. The molecule has 9 nitrogen and oxygen atoms in total. The number of hydrogen-bond acceptors (Lipinski definition) is 7. The Morgan fingerprint density at radius 3 is 2.62 bits per heavy atom. The van der Waals surface area contributed by atoms with Gasteiger partial charge >= 0.3 is 6.18 Å². The van der Waals surface area contributed by atoms with E-state index in [4.69, 9.17) is 4.74 Å². The summed E-state index contributed by atoms with van der Waals surface area (Å²) < 4.78 is 44.9. The van der Waals surface area contributed by atoms with Crippen LogP contribution in [0.1, 0.15) is 41.5 Å². The van der Waals surface area contributed by atoms with E-state index < -0.39 is 51.8 Å². The zero-order valence-corrected chi connectivity index (χ0v) is 21.7. The normalized spacial score (nSPS) is 30.0. The van der Waals surface area contributed by atoms with Crippen LogP contribution >= 0.6 is 0 Å². The summed E-state index contributed by atoms with van der Waals surface area (Å²) in [5, 5.41) is 35.0. The van der Waals surface area contributed by atoms with E-state index in [9.17, 15) is 38.3 Å². The number of carbonyl (C=O) groups excluding carboxylic acids is 1. The number of piperidine rings is 1. The maximum atomic E-state index is 13.2. The maximum absolute atomic E-state index is 13.2. The van der Waals surface area contributed by atoms with Crippen LogP contribution in [0.25, 0.3) is 0 Å². The lowest BCUT2D eigenvalue weighted by Gasteiger charge is -2.64. The van der Waals surface area contributed by atoms with Gasteiger partial charge in [0.15, 0.2) is 11.5 Å². The summed E-state index contributed by atoms with van der Waals surface area (Å²) in [6.45, 7) is 0.577. The third-order valence-electron chi connectivity index (χ3n) is 9.34. The van der Waals surface area contributed by atoms with Gasteiger partial charge in [0, 0.05) is 35.7 Å². The number of rotatable bonds is 2. The van der Waals surface area contributed by atoms with Crippen LogP contribution in [0.4, 0.5) is 18.9 Å². The number of phenols is 1. The summed E-state index contributed by atoms with van der Waals surface area (Å²) in [5.74, 6) is 4.23. The first kappa shape index (κ1) is 26.4. The number of ether oxygens (including phenoxy) is 1. The number of benzene rings is 2. The molecule has 1 amide bonds. The number of hydrogen-bond donors (Lipinski definition) is 2. The third-order valence-corrected chi connectivity index (χ3v) is 9.34. The minimum atomic E-state index is -4.48. The minimum absolute atomic E-state index is 0.107. The topological polar surface area (TPSA) is 116 Å². The number of carbonyl (C=O) groups is 1. The largest absolute Gasteiger partial charge is 0.504 e. The van der Waals surface area contributed by atoms with Crippen molar-refractivity contribution in [2.24, 2.45) is 0 Å². The quantitative estimate of drug-likeness (QED) is 0.331. The lowest BCUT2D eigenvalue weighted by Crippen LogP contribution is -2.77. The number of likely N-dealkylation sites (N-methyl/N-ethyl adjacent to an activating group) is 2. The first-order chi connectivity index (χ1) is 18.8. The molecule has 5 atom stereocenters. The van der Waals surface area contributed by atoms with Gasteiger partial charge < -0.3 is 24.7 Å². The van der Waals surface area contributed by atoms with Crippen molar-refractivity contribution in [2.75, 3.05) is 20.6 Å². The third kappa shape index (κ3) is 3.47. The van der Waals surface area contributed by atoms with Crippen molar-refractivity contribution in [1.29, 1.82) is 0 Å². The second-order valence-corrected chi connectivity index (χ2v) is 11.1. The fraction of sp³-hybridized carbons (Fsp3) is 0.464. The van der Waals surface area contributed by atoms with Crippen LogP contribution in [0, 0.1) is 22.0 Å². The zero-order valence-electron chi connectivity index (χ0n) is 21.7. The predicted molar refractivity (Wildman–Crippen MR) is 135 cm³/mol. The Balaban J connectivity index is 1.37. The Hall–Kier alpha value is -3.82. The standard InChI is InChI=1S/C28H26F3N3O6/c1-32-12-11-26-23-17-13-21(32)27(26,37)10-9-18(25(26)40-24(23)20(35)14-19(17)34(38)39)33(2)22(36)8-5-15-3-6-16(7-4-15)28(29,30)31/h3-4,6-7,14,18,21,25,35,37H,9-13H2,1-2H3/t18-,21-,25+,26+,27-/m1/s1. The molecule has 1 saturated carbocycles. The van der Waals surface area contributed by atoms with Gasteiger partial charge in [-0.25, -0.2) is 0 Å². The molecule has 2 aliphatic carbocycles. The molecule has 2 aliphatic heterocycles. The lowest BCUT2D eigenvalue weighted by molar-refractivity contribution is -0.386. The first-order valence-corrected chi connectivity index (χ1v) is 12.9. The molecule has 2 heterocycles. The second kappa shape index (κ2) is 8.59. The SMILES string of the molecule is CN1CC[C@]23c4c5c([N+](=O)[O-])cc(O)c4O[C@H]2[C@H](N(C)C(=O)C#Cc2ccc(C(F)(F)F)cc2)CC[C@@]3(O)[C@H]1C5. The second-order valence-electron chi connectivity index (χ2n) is 11.1. The van der Waals surface area contributed by atoms with Crippen LogP contribution in [-0.4, -0.2) is 75.3 Å². The number of likely N-dealkylation sites (tertiary alicyclic amines) is 1. The van der Waals surface area contributed by atoms with E-state index >= 15 is 0 Å². The Morgan fingerprint density at radius 2 is 1.98 bits per heavy atom. The summed E-state index contributed by atoms with van der Waals surface area (Å²) in [6.07, 6.45) is -4.02. The number of amides is 1. The zero-order chi connectivity index (χ0) is 28.8. The van der Waals surface area contributed by atoms with Crippen molar-refractivity contribution < 1.29 is 37.8 Å². The van der Waals surface area contributed by atoms with E-state index in [1.165, 1.54) is 17.0 Å². The molecule has 6 rings (SSSR count). The van der Waals surface area contributed by atoms with E-state index in [2.05, 4.69) is 11.8 Å². The van der Waals surface area contributed by atoms with Crippen molar-refractivity contribution in [2.45, 2.75) is 61.1 Å². The van der Waals surface area contributed by atoms with E-state index in [-0.39, 0.29) is 29.2 Å². The highest BCUT2D eigenvalue weighted by Gasteiger charge is 2.74. The van der Waals surface area contributed by atoms with E-state index in [0.29, 0.717) is 36.9 Å². The van der Waals surface area contributed by atoms with Gasteiger partial charge in [-0.1, -0.05) is 5.92 Å². The van der Waals surface area contributed by atoms with Gasteiger partial charge in [0.2, 0.25) is 0 Å². The molecule has 12 heteroatoms. The molecule has 1 spiro atoms. The lowest BCUT2D eigenvalue weighted by atomic mass is 9.48. The smallest absolute Gasteiger partial charge is 0.416 e. The molecular weight excluding hydrogens is 531 g/mol. The van der Waals surface area contributed by atoms with Gasteiger partial charge in [0.25, 0.3) is 11.6 Å². The summed E-state index contributed by atoms with van der Waals surface area (Å²) >= 11 is 0. The van der Waals surface area contributed by atoms with Crippen molar-refractivity contribution in [3.05, 3.63) is 62.7 Å². The van der Waals surface area contributed by atoms with Crippen molar-refractivity contribution >= 4 is 11.6 Å². The number of halogens is 3. The Bertz CT molecular complexity index is 1500. The number of phenolic OH excluding ortho intramolecular Hbond substituents is 1. The fourth-order valence-electron chi connectivity index (χ4n) is 7.46. The van der Waals surface area contributed by atoms with E-state index in [1.54, 1.807) is 7.05 Å². The van der Waals surface area contributed by atoms with Crippen molar-refractivity contribution in [3.8, 4) is 23.3 Å². The van der Waals surface area contributed by atoms with Crippen LogP contribution in [0.2, 0.25) is 0 Å². The van der Waals surface area contributed by atoms with Crippen LogP contribution in [-0.2, 0) is 22.8 Å². The van der Waals surface area contributed by atoms with Crippen LogP contribution < -0.4 is 4.74 Å². The number of aliphatic hydroxyl groups is 1. The molecule has 2 fully saturated rings. The molecule has 2 aromatic carbocycles. The molecule has 2 aromatic rings. The van der Waals surface area contributed by atoms with Crippen molar-refractivity contribution in [1.82, 2.24) is 9.80 Å². The van der Waals surface area contributed by atoms with Gasteiger partial charge in [-0.2, -0.15) is 13.2 Å². The number of nitro benzene ring substituents is 1. The molecule has 210 valence electrons. The average molecular weight is 558 g/mol. The summed E-state index contributed by atoms with van der Waals surface area (Å²) in [7, 11) is 3.41. The molecule has 0 aromatic heterocycles. The van der Waals surface area contributed by atoms with Gasteiger partial charge in [-0.15, -0.1) is 0 Å². The molecular formula is C28H26F3N3O6. The Morgan fingerprint density at radius 1 is 1.27 bits per heavy atom. The van der Waals surface area contributed by atoms with Crippen LogP contribution in [0.5, 0.6) is 11.5 Å². The fourth-order valence-corrected chi connectivity index (χ4v) is 7.46. The Kier molecular flexibility index (Phi) is 5.67. The van der Waals surface area contributed by atoms with Gasteiger partial charge in [0.05, 0.1) is 33.6 Å². The Labute approximate surface area is 227 Å². The van der Waals surface area contributed by atoms with E-state index in [1.807, 2.05) is 11.9 Å². The minimum Gasteiger partial charge on any atom is -0.504 e. The molecule has 1 saturated heterocycles. The monoisotopic (exact) mass is 557 g/mol. The highest BCUT2D eigenvalue weighted by atomic mass is 19.4. The van der Waals surface area contributed by atoms with Crippen LogP contribution in [0.15, 0.2) is 30.3 Å². The molecule has 40 heavy (non-hydrogen) atoms. The van der Waals surface area contributed by atoms with Gasteiger partial charge in [0.1, 0.15) is 6.10 Å². The highest BCUT2D eigenvalue weighted by Crippen LogP contribution is 2.66. The van der Waals surface area contributed by atoms with Gasteiger partial charge in [-0.05, 0) is 63.5 Å². The number of alkyl halides is 3. The van der Waals surface area contributed by atoms with Crippen LogP contribution in [0.3, 0.4) is 0 Å². The molecule has 2 N–H and O–H groups in total. The summed E-state index contributed by atoms with van der Waals surface area (Å²) in [5.41, 5.74) is -2.32. The number of nitro groups is 1. The average Bonchev–Trinajstić information content (AvgIpc) is 3.25. The molecule has 0 unspecified atom stereocenters. The summed E-state index contributed by atoms with van der Waals surface area (Å²) in [4.78, 5) is 28.0. The number of nitrogens with zero attached hydrogens (tertiary/aromatic N) is 3. The molecule has 2 bridgehead atoms.